The summed E-state index contributed by atoms with van der Waals surface area (Å²) in [6.07, 6.45) is 0. The minimum absolute atomic E-state index is 0.217. The number of nitrogens with zero attached hydrogens (tertiary/aromatic N) is 2. The smallest absolute Gasteiger partial charge is 0.338 e. The summed E-state index contributed by atoms with van der Waals surface area (Å²) in [7, 11) is 0. The van der Waals surface area contributed by atoms with Crippen LogP contribution in [0.5, 0.6) is 0 Å². The topological polar surface area (TPSA) is 73.9 Å². The van der Waals surface area contributed by atoms with Crippen molar-refractivity contribution in [3.63, 3.8) is 0 Å². The second-order valence-corrected chi connectivity index (χ2v) is 8.30. The van der Waals surface area contributed by atoms with Gasteiger partial charge < -0.3 is 20.3 Å². The van der Waals surface area contributed by atoms with Crippen molar-refractivity contribution in [1.29, 1.82) is 0 Å². The van der Waals surface area contributed by atoms with Gasteiger partial charge in [-0.15, -0.1) is 0 Å². The van der Waals surface area contributed by atoms with Gasteiger partial charge in [0.1, 0.15) is 5.82 Å². The van der Waals surface area contributed by atoms with Crippen LogP contribution in [0.15, 0.2) is 59.8 Å². The maximum atomic E-state index is 13.5. The largest absolute Gasteiger partial charge is 0.463 e. The number of anilines is 1. The molecule has 2 aliphatic heterocycles. The Morgan fingerprint density at radius 1 is 1.12 bits per heavy atom. The molecule has 2 amide bonds. The van der Waals surface area contributed by atoms with E-state index in [1.807, 2.05) is 0 Å². The Bertz CT molecular complexity index is 1050. The third-order valence-corrected chi connectivity index (χ3v) is 5.97. The number of benzene rings is 2. The number of rotatable bonds is 6. The molecule has 174 valence electrons. The van der Waals surface area contributed by atoms with Gasteiger partial charge in [0, 0.05) is 44.1 Å². The molecule has 1 unspecified atom stereocenters. The molecule has 0 saturated carbocycles. The molecule has 0 spiro atoms. The first-order chi connectivity index (χ1) is 15.9. The molecule has 2 aromatic carbocycles. The van der Waals surface area contributed by atoms with Crippen LogP contribution in [0.1, 0.15) is 24.1 Å². The Morgan fingerprint density at radius 3 is 2.52 bits per heavy atom. The number of hydrogen-bond acceptors (Lipinski definition) is 5. The third-order valence-electron chi connectivity index (χ3n) is 5.97. The van der Waals surface area contributed by atoms with Crippen LogP contribution < -0.4 is 15.5 Å². The van der Waals surface area contributed by atoms with Gasteiger partial charge in [-0.25, -0.2) is 14.0 Å². The van der Waals surface area contributed by atoms with Crippen LogP contribution in [-0.2, 0) is 9.53 Å². The highest BCUT2D eigenvalue weighted by atomic mass is 19.1. The van der Waals surface area contributed by atoms with Crippen LogP contribution in [0.4, 0.5) is 14.9 Å². The summed E-state index contributed by atoms with van der Waals surface area (Å²) in [5, 5.41) is 5.60. The number of halogens is 1. The number of amides is 2. The van der Waals surface area contributed by atoms with Gasteiger partial charge in [-0.2, -0.15) is 0 Å². The Balaban J connectivity index is 1.55. The number of aryl methyl sites for hydroxylation is 1. The summed E-state index contributed by atoms with van der Waals surface area (Å²) in [4.78, 5) is 29.9. The van der Waals surface area contributed by atoms with Gasteiger partial charge in [-0.3, -0.25) is 4.90 Å². The SMILES string of the molecule is CCOC(=O)C1=C(CN2CCN(c3cccc(C)c3)CC2)NC(=O)NC1c1ccc(F)cc1. The number of piperazine rings is 1. The zero-order valence-electron chi connectivity index (χ0n) is 18.9. The van der Waals surface area contributed by atoms with Gasteiger partial charge >= 0.3 is 12.0 Å². The van der Waals surface area contributed by atoms with Crippen molar-refractivity contribution in [2.75, 3.05) is 44.2 Å². The molecule has 7 nitrogen and oxygen atoms in total. The van der Waals surface area contributed by atoms with E-state index < -0.39 is 18.0 Å². The van der Waals surface area contributed by atoms with E-state index in [0.717, 1.165) is 26.2 Å². The molecule has 0 radical (unpaired) electrons. The number of hydrogen-bond donors (Lipinski definition) is 2. The Labute approximate surface area is 193 Å². The van der Waals surface area contributed by atoms with Gasteiger partial charge in [-0.1, -0.05) is 24.3 Å². The quantitative estimate of drug-likeness (QED) is 0.659. The van der Waals surface area contributed by atoms with Crippen LogP contribution in [-0.4, -0.2) is 56.2 Å². The zero-order valence-corrected chi connectivity index (χ0v) is 18.9. The number of esters is 1. The minimum atomic E-state index is -0.706. The maximum absolute atomic E-state index is 13.5. The lowest BCUT2D eigenvalue weighted by Gasteiger charge is -2.38. The van der Waals surface area contributed by atoms with E-state index >= 15 is 0 Å². The van der Waals surface area contributed by atoms with Crippen molar-refractivity contribution < 1.29 is 18.7 Å². The molecule has 0 aromatic heterocycles. The van der Waals surface area contributed by atoms with Crippen LogP contribution in [0, 0.1) is 12.7 Å². The van der Waals surface area contributed by atoms with Crippen molar-refractivity contribution >= 4 is 17.7 Å². The second kappa shape index (κ2) is 10.0. The highest BCUT2D eigenvalue weighted by Gasteiger charge is 2.34. The number of carbonyl (C=O) groups excluding carboxylic acids is 2. The van der Waals surface area contributed by atoms with Crippen molar-refractivity contribution in [3.05, 3.63) is 76.7 Å². The average Bonchev–Trinajstić information content (AvgIpc) is 2.80. The summed E-state index contributed by atoms with van der Waals surface area (Å²) >= 11 is 0. The lowest BCUT2D eigenvalue weighted by Crippen LogP contribution is -2.51. The van der Waals surface area contributed by atoms with E-state index in [-0.39, 0.29) is 12.4 Å². The molecule has 2 heterocycles. The predicted octanol–water partition coefficient (Wildman–Crippen LogP) is 3.13. The first-order valence-electron chi connectivity index (χ1n) is 11.2. The van der Waals surface area contributed by atoms with E-state index in [1.165, 1.54) is 23.4 Å². The molecule has 1 saturated heterocycles. The van der Waals surface area contributed by atoms with Gasteiger partial charge in [0.05, 0.1) is 18.2 Å². The first kappa shape index (κ1) is 22.8. The summed E-state index contributed by atoms with van der Waals surface area (Å²) in [6.45, 7) is 7.73. The summed E-state index contributed by atoms with van der Waals surface area (Å²) in [5.74, 6) is -0.875. The molecule has 4 rings (SSSR count). The first-order valence-corrected chi connectivity index (χ1v) is 11.2. The number of ether oxygens (including phenoxy) is 1. The molecule has 2 aromatic rings. The predicted molar refractivity (Wildman–Crippen MR) is 124 cm³/mol. The number of urea groups is 1. The summed E-state index contributed by atoms with van der Waals surface area (Å²) < 4.78 is 18.8. The fourth-order valence-corrected chi connectivity index (χ4v) is 4.31. The molecule has 8 heteroatoms. The number of carbonyl (C=O) groups is 2. The van der Waals surface area contributed by atoms with E-state index in [1.54, 1.807) is 19.1 Å². The van der Waals surface area contributed by atoms with Gasteiger partial charge in [-0.05, 0) is 49.2 Å². The molecular weight excluding hydrogens is 423 g/mol. The molecule has 1 fully saturated rings. The minimum Gasteiger partial charge on any atom is -0.463 e. The molecule has 0 bridgehead atoms. The Morgan fingerprint density at radius 2 is 1.85 bits per heavy atom. The molecular formula is C25H29FN4O3. The van der Waals surface area contributed by atoms with Crippen LogP contribution >= 0.6 is 0 Å². The van der Waals surface area contributed by atoms with Gasteiger partial charge in [0.25, 0.3) is 0 Å². The monoisotopic (exact) mass is 452 g/mol. The van der Waals surface area contributed by atoms with Gasteiger partial charge in [0.2, 0.25) is 0 Å². The van der Waals surface area contributed by atoms with Crippen molar-refractivity contribution in [1.82, 2.24) is 15.5 Å². The van der Waals surface area contributed by atoms with E-state index in [2.05, 4.69) is 51.6 Å². The van der Waals surface area contributed by atoms with E-state index in [0.29, 0.717) is 23.4 Å². The van der Waals surface area contributed by atoms with Crippen LogP contribution in [0.3, 0.4) is 0 Å². The van der Waals surface area contributed by atoms with Crippen molar-refractivity contribution in [2.45, 2.75) is 19.9 Å². The molecule has 1 atom stereocenters. The Hall–Kier alpha value is -3.39. The lowest BCUT2D eigenvalue weighted by atomic mass is 9.95. The lowest BCUT2D eigenvalue weighted by molar-refractivity contribution is -0.139. The second-order valence-electron chi connectivity index (χ2n) is 8.30. The Kier molecular flexibility index (Phi) is 6.93. The van der Waals surface area contributed by atoms with Crippen LogP contribution in [0.2, 0.25) is 0 Å². The maximum Gasteiger partial charge on any atom is 0.338 e. The standard InChI is InChI=1S/C25H29FN4O3/c1-3-33-24(31)22-21(27-25(32)28-23(22)18-7-9-19(26)10-8-18)16-29-11-13-30(14-12-29)20-6-4-5-17(2)15-20/h4-10,15,23H,3,11-14,16H2,1-2H3,(H2,27,28,32). The van der Waals surface area contributed by atoms with Crippen molar-refractivity contribution in [2.24, 2.45) is 0 Å². The van der Waals surface area contributed by atoms with Gasteiger partial charge in [0.15, 0.2) is 0 Å². The molecule has 0 aliphatic carbocycles. The fourth-order valence-electron chi connectivity index (χ4n) is 4.31. The summed E-state index contributed by atoms with van der Waals surface area (Å²) in [5.41, 5.74) is 3.92. The highest BCUT2D eigenvalue weighted by Crippen LogP contribution is 2.29. The molecule has 33 heavy (non-hydrogen) atoms. The number of nitrogens with one attached hydrogen (secondary N) is 2. The van der Waals surface area contributed by atoms with Crippen LogP contribution in [0.25, 0.3) is 0 Å². The van der Waals surface area contributed by atoms with E-state index in [9.17, 15) is 14.0 Å². The van der Waals surface area contributed by atoms with Crippen molar-refractivity contribution in [3.8, 4) is 0 Å². The molecule has 2 N–H and O–H groups in total. The highest BCUT2D eigenvalue weighted by molar-refractivity contribution is 5.95. The normalized spacial score (nSPS) is 19.2. The summed E-state index contributed by atoms with van der Waals surface area (Å²) in [6, 6.07) is 13.1. The van der Waals surface area contributed by atoms with E-state index in [4.69, 9.17) is 4.74 Å². The molecule has 2 aliphatic rings. The zero-order chi connectivity index (χ0) is 23.4. The fraction of sp³-hybridized carbons (Fsp3) is 0.360. The average molecular weight is 453 g/mol. The third kappa shape index (κ3) is 5.34.